The van der Waals surface area contributed by atoms with Gasteiger partial charge < -0.3 is 9.64 Å². The SMILES string of the molecule is CN(C(=O)CC[C@@H]1CC(=O)[C@@]2(C)CCC3c4ccccc4CCC3C12)C1CCOCC1. The first kappa shape index (κ1) is 21.2. The third kappa shape index (κ3) is 3.65. The van der Waals surface area contributed by atoms with Crippen LogP contribution in [0.15, 0.2) is 24.3 Å². The summed E-state index contributed by atoms with van der Waals surface area (Å²) >= 11 is 0. The maximum Gasteiger partial charge on any atom is 0.222 e. The number of nitrogens with zero attached hydrogens (tertiary/aromatic N) is 1. The molecule has 1 heterocycles. The molecule has 1 saturated heterocycles. The van der Waals surface area contributed by atoms with Crippen LogP contribution in [0.2, 0.25) is 0 Å². The van der Waals surface area contributed by atoms with Gasteiger partial charge in [0, 0.05) is 44.6 Å². The van der Waals surface area contributed by atoms with E-state index < -0.39 is 0 Å². The molecule has 1 aromatic carbocycles. The molecule has 0 spiro atoms. The van der Waals surface area contributed by atoms with Gasteiger partial charge in [-0.3, -0.25) is 9.59 Å². The van der Waals surface area contributed by atoms with E-state index in [1.165, 1.54) is 17.5 Å². The Morgan fingerprint density at radius 1 is 1.16 bits per heavy atom. The molecule has 0 bridgehead atoms. The number of benzene rings is 1. The topological polar surface area (TPSA) is 46.6 Å². The van der Waals surface area contributed by atoms with Crippen molar-refractivity contribution in [2.45, 2.75) is 76.7 Å². The minimum Gasteiger partial charge on any atom is -0.381 e. The fourth-order valence-corrected chi connectivity index (χ4v) is 7.61. The second-order valence-electron chi connectivity index (χ2n) is 10.8. The monoisotopic (exact) mass is 423 g/mol. The fourth-order valence-electron chi connectivity index (χ4n) is 7.61. The van der Waals surface area contributed by atoms with Crippen molar-refractivity contribution in [2.24, 2.45) is 23.2 Å². The number of carbonyl (C=O) groups is 2. The molecule has 4 nitrogen and oxygen atoms in total. The highest BCUT2D eigenvalue weighted by Gasteiger charge is 2.58. The summed E-state index contributed by atoms with van der Waals surface area (Å²) in [5.41, 5.74) is 2.88. The van der Waals surface area contributed by atoms with Crippen LogP contribution in [-0.2, 0) is 20.7 Å². The van der Waals surface area contributed by atoms with Crippen molar-refractivity contribution in [3.63, 3.8) is 0 Å². The molecule has 1 amide bonds. The molecule has 3 aliphatic carbocycles. The van der Waals surface area contributed by atoms with Gasteiger partial charge in [-0.25, -0.2) is 0 Å². The molecule has 168 valence electrons. The van der Waals surface area contributed by atoms with Crippen LogP contribution in [0.5, 0.6) is 0 Å². The van der Waals surface area contributed by atoms with Crippen molar-refractivity contribution in [3.8, 4) is 0 Å². The van der Waals surface area contributed by atoms with E-state index in [-0.39, 0.29) is 11.3 Å². The average Bonchev–Trinajstić information content (AvgIpc) is 3.07. The smallest absolute Gasteiger partial charge is 0.222 e. The minimum absolute atomic E-state index is 0.173. The highest BCUT2D eigenvalue weighted by atomic mass is 16.5. The molecule has 0 aromatic heterocycles. The number of rotatable bonds is 4. The number of ketones is 1. The largest absolute Gasteiger partial charge is 0.381 e. The standard InChI is InChI=1S/C27H37NO3/c1-27-14-11-22-21-6-4-3-5-18(21)7-9-23(22)26(27)19(17-24(27)29)8-10-25(30)28(2)20-12-15-31-16-13-20/h3-6,19-20,22-23,26H,7-17H2,1-2H3/t19-,22?,23?,26?,27-/m1/s1. The Morgan fingerprint density at radius 3 is 2.74 bits per heavy atom. The summed E-state index contributed by atoms with van der Waals surface area (Å²) in [6.07, 6.45) is 8.48. The first-order chi connectivity index (χ1) is 15.0. The lowest BCUT2D eigenvalue weighted by atomic mass is 9.54. The zero-order valence-electron chi connectivity index (χ0n) is 19.1. The highest BCUT2D eigenvalue weighted by Crippen LogP contribution is 2.62. The molecule has 31 heavy (non-hydrogen) atoms. The van der Waals surface area contributed by atoms with Crippen LogP contribution >= 0.6 is 0 Å². The number of Topliss-reactive ketones (excluding diaryl/α,β-unsaturated/α-hetero) is 1. The Balaban J connectivity index is 1.31. The predicted molar refractivity (Wildman–Crippen MR) is 121 cm³/mol. The maximum atomic E-state index is 13.2. The summed E-state index contributed by atoms with van der Waals surface area (Å²) in [6, 6.07) is 9.27. The predicted octanol–water partition coefficient (Wildman–Crippen LogP) is 4.76. The van der Waals surface area contributed by atoms with Crippen molar-refractivity contribution in [2.75, 3.05) is 20.3 Å². The van der Waals surface area contributed by atoms with Gasteiger partial charge in [0.05, 0.1) is 0 Å². The molecule has 1 aliphatic heterocycles. The molecule has 4 heteroatoms. The van der Waals surface area contributed by atoms with E-state index >= 15 is 0 Å². The minimum atomic E-state index is -0.173. The lowest BCUT2D eigenvalue weighted by molar-refractivity contribution is -0.134. The zero-order valence-corrected chi connectivity index (χ0v) is 19.1. The van der Waals surface area contributed by atoms with E-state index in [0.717, 1.165) is 51.7 Å². The Morgan fingerprint density at radius 2 is 1.94 bits per heavy atom. The van der Waals surface area contributed by atoms with Gasteiger partial charge in [-0.2, -0.15) is 0 Å². The molecular weight excluding hydrogens is 386 g/mol. The van der Waals surface area contributed by atoms with Gasteiger partial charge in [-0.15, -0.1) is 0 Å². The van der Waals surface area contributed by atoms with Crippen molar-refractivity contribution < 1.29 is 14.3 Å². The summed E-state index contributed by atoms with van der Waals surface area (Å²) in [7, 11) is 1.96. The Labute approximate surface area is 186 Å². The summed E-state index contributed by atoms with van der Waals surface area (Å²) in [4.78, 5) is 28.1. The number of ether oxygens (including phenoxy) is 1. The lowest BCUT2D eigenvalue weighted by Gasteiger charge is -2.50. The summed E-state index contributed by atoms with van der Waals surface area (Å²) in [5, 5.41) is 0. The van der Waals surface area contributed by atoms with Crippen molar-refractivity contribution in [1.29, 1.82) is 0 Å². The van der Waals surface area contributed by atoms with E-state index in [1.54, 1.807) is 0 Å². The average molecular weight is 424 g/mol. The van der Waals surface area contributed by atoms with Gasteiger partial charge >= 0.3 is 0 Å². The van der Waals surface area contributed by atoms with Gasteiger partial charge in [0.25, 0.3) is 0 Å². The quantitative estimate of drug-likeness (QED) is 0.702. The molecule has 5 rings (SSSR count). The molecule has 0 N–H and O–H groups in total. The van der Waals surface area contributed by atoms with Gasteiger partial charge in [0.2, 0.25) is 5.91 Å². The number of fused-ring (bicyclic) bond motifs is 5. The van der Waals surface area contributed by atoms with E-state index in [9.17, 15) is 9.59 Å². The molecule has 0 radical (unpaired) electrons. The molecular formula is C27H37NO3. The van der Waals surface area contributed by atoms with Crippen LogP contribution in [0.25, 0.3) is 0 Å². The summed E-state index contributed by atoms with van der Waals surface area (Å²) in [6.45, 7) is 3.75. The molecule has 3 fully saturated rings. The molecule has 1 aromatic rings. The van der Waals surface area contributed by atoms with Crippen molar-refractivity contribution in [3.05, 3.63) is 35.4 Å². The van der Waals surface area contributed by atoms with Gasteiger partial charge in [-0.1, -0.05) is 31.2 Å². The molecule has 3 unspecified atom stereocenters. The number of carbonyl (C=O) groups excluding carboxylic acids is 2. The van der Waals surface area contributed by atoms with E-state index in [2.05, 4.69) is 31.2 Å². The number of aryl methyl sites for hydroxylation is 1. The second kappa shape index (κ2) is 8.35. The zero-order chi connectivity index (χ0) is 21.6. The lowest BCUT2D eigenvalue weighted by Crippen LogP contribution is -2.44. The second-order valence-corrected chi connectivity index (χ2v) is 10.8. The Kier molecular flexibility index (Phi) is 5.70. The van der Waals surface area contributed by atoms with E-state index in [0.29, 0.717) is 48.3 Å². The van der Waals surface area contributed by atoms with Crippen LogP contribution in [0.1, 0.15) is 75.3 Å². The summed E-state index contributed by atoms with van der Waals surface area (Å²) < 4.78 is 5.45. The molecule has 5 atom stereocenters. The van der Waals surface area contributed by atoms with Gasteiger partial charge in [0.1, 0.15) is 5.78 Å². The van der Waals surface area contributed by atoms with Crippen molar-refractivity contribution >= 4 is 11.7 Å². The third-order valence-corrected chi connectivity index (χ3v) is 9.34. The number of hydrogen-bond donors (Lipinski definition) is 0. The molecule has 4 aliphatic rings. The van der Waals surface area contributed by atoms with Crippen LogP contribution < -0.4 is 0 Å². The van der Waals surface area contributed by atoms with Gasteiger partial charge in [-0.05, 0) is 79.7 Å². The number of hydrogen-bond acceptors (Lipinski definition) is 3. The first-order valence-electron chi connectivity index (χ1n) is 12.4. The van der Waals surface area contributed by atoms with Crippen LogP contribution in [0.3, 0.4) is 0 Å². The van der Waals surface area contributed by atoms with E-state index in [1.807, 2.05) is 11.9 Å². The van der Waals surface area contributed by atoms with Crippen molar-refractivity contribution in [1.82, 2.24) is 4.90 Å². The number of amides is 1. The fraction of sp³-hybridized carbons (Fsp3) is 0.704. The first-order valence-corrected chi connectivity index (χ1v) is 12.4. The Hall–Kier alpha value is -1.68. The third-order valence-electron chi connectivity index (χ3n) is 9.34. The van der Waals surface area contributed by atoms with E-state index in [4.69, 9.17) is 4.74 Å². The van der Waals surface area contributed by atoms with Crippen LogP contribution in [-0.4, -0.2) is 42.9 Å². The molecule has 2 saturated carbocycles. The summed E-state index contributed by atoms with van der Waals surface area (Å²) in [5.74, 6) is 2.70. The maximum absolute atomic E-state index is 13.2. The Bertz CT molecular complexity index is 845. The highest BCUT2D eigenvalue weighted by molar-refractivity contribution is 5.88. The van der Waals surface area contributed by atoms with Gasteiger partial charge in [0.15, 0.2) is 0 Å². The van der Waals surface area contributed by atoms with Crippen LogP contribution in [0, 0.1) is 23.2 Å². The normalized spacial score (nSPS) is 35.2. The van der Waals surface area contributed by atoms with Crippen LogP contribution in [0.4, 0.5) is 0 Å².